The first kappa shape index (κ1) is 12.6. The molecule has 0 aromatic heterocycles. The van der Waals surface area contributed by atoms with Crippen LogP contribution in [0.5, 0.6) is 0 Å². The highest BCUT2D eigenvalue weighted by Crippen LogP contribution is 2.35. The summed E-state index contributed by atoms with van der Waals surface area (Å²) in [5.74, 6) is -2.49. The van der Waals surface area contributed by atoms with Gasteiger partial charge < -0.3 is 11.1 Å². The predicted octanol–water partition coefficient (Wildman–Crippen LogP) is 4.02. The first-order valence-electron chi connectivity index (χ1n) is 5.66. The van der Waals surface area contributed by atoms with Crippen LogP contribution in [0, 0.1) is 0 Å². The number of nitrogens with one attached hydrogen (secondary N) is 1. The molecule has 0 unspecified atom stereocenters. The van der Waals surface area contributed by atoms with Crippen molar-refractivity contribution in [1.29, 1.82) is 0 Å². The number of benzene rings is 1. The molecule has 0 heterocycles. The summed E-state index contributed by atoms with van der Waals surface area (Å²) in [5, 5.41) is 3.24. The number of halogens is 3. The van der Waals surface area contributed by atoms with Crippen LogP contribution in [-0.2, 0) is 0 Å². The standard InChI is InChI=1S/C12H15BrF2N2/c13-8-1-2-10(16)11(7-8)17-9-3-5-12(14,15)6-4-9/h1-2,7,9,17H,3-6,16H2. The van der Waals surface area contributed by atoms with E-state index in [0.717, 1.165) is 10.2 Å². The summed E-state index contributed by atoms with van der Waals surface area (Å²) in [6.07, 6.45) is 0.884. The lowest BCUT2D eigenvalue weighted by Crippen LogP contribution is -2.32. The molecule has 0 atom stereocenters. The predicted molar refractivity (Wildman–Crippen MR) is 69.4 cm³/mol. The molecule has 2 nitrogen and oxygen atoms in total. The first-order valence-corrected chi connectivity index (χ1v) is 6.45. The van der Waals surface area contributed by atoms with E-state index in [1.807, 2.05) is 12.1 Å². The van der Waals surface area contributed by atoms with Crippen LogP contribution in [0.3, 0.4) is 0 Å². The molecular weight excluding hydrogens is 290 g/mol. The summed E-state index contributed by atoms with van der Waals surface area (Å²) >= 11 is 3.36. The van der Waals surface area contributed by atoms with Crippen LogP contribution in [0.4, 0.5) is 20.2 Å². The zero-order valence-corrected chi connectivity index (χ0v) is 10.9. The molecule has 1 saturated carbocycles. The first-order chi connectivity index (χ1) is 7.96. The van der Waals surface area contributed by atoms with E-state index < -0.39 is 5.92 Å². The summed E-state index contributed by atoms with van der Waals surface area (Å²) in [6, 6.07) is 5.62. The van der Waals surface area contributed by atoms with Gasteiger partial charge in [0.2, 0.25) is 5.92 Å². The molecule has 5 heteroatoms. The Morgan fingerprint density at radius 3 is 2.59 bits per heavy atom. The summed E-state index contributed by atoms with van der Waals surface area (Å²) in [7, 11) is 0. The molecule has 1 fully saturated rings. The number of nitrogens with two attached hydrogens (primary N) is 1. The molecule has 2 rings (SSSR count). The van der Waals surface area contributed by atoms with E-state index >= 15 is 0 Å². The monoisotopic (exact) mass is 304 g/mol. The van der Waals surface area contributed by atoms with Gasteiger partial charge in [0, 0.05) is 23.4 Å². The van der Waals surface area contributed by atoms with Crippen LogP contribution in [0.1, 0.15) is 25.7 Å². The smallest absolute Gasteiger partial charge is 0.248 e. The van der Waals surface area contributed by atoms with Crippen molar-refractivity contribution in [2.24, 2.45) is 0 Å². The maximum absolute atomic E-state index is 13.0. The van der Waals surface area contributed by atoms with E-state index in [4.69, 9.17) is 5.73 Å². The lowest BCUT2D eigenvalue weighted by atomic mass is 9.92. The van der Waals surface area contributed by atoms with E-state index in [-0.39, 0.29) is 18.9 Å². The molecular formula is C12H15BrF2N2. The Balaban J connectivity index is 2.00. The molecule has 1 aromatic carbocycles. The molecule has 1 aromatic rings. The fourth-order valence-electron chi connectivity index (χ4n) is 2.06. The largest absolute Gasteiger partial charge is 0.397 e. The Bertz CT molecular complexity index is 399. The fraction of sp³-hybridized carbons (Fsp3) is 0.500. The van der Waals surface area contributed by atoms with Crippen molar-refractivity contribution in [3.63, 3.8) is 0 Å². The molecule has 0 bridgehead atoms. The van der Waals surface area contributed by atoms with E-state index in [1.165, 1.54) is 0 Å². The van der Waals surface area contributed by atoms with Crippen molar-refractivity contribution in [1.82, 2.24) is 0 Å². The average Bonchev–Trinajstić information content (AvgIpc) is 2.26. The van der Waals surface area contributed by atoms with Crippen molar-refractivity contribution in [2.45, 2.75) is 37.6 Å². The van der Waals surface area contributed by atoms with Crippen molar-refractivity contribution in [3.05, 3.63) is 22.7 Å². The minimum Gasteiger partial charge on any atom is -0.397 e. The maximum atomic E-state index is 13.0. The summed E-state index contributed by atoms with van der Waals surface area (Å²) in [5.41, 5.74) is 7.29. The molecule has 1 aliphatic rings. The van der Waals surface area contributed by atoms with Crippen LogP contribution >= 0.6 is 15.9 Å². The topological polar surface area (TPSA) is 38.0 Å². The van der Waals surface area contributed by atoms with E-state index in [1.54, 1.807) is 6.07 Å². The third-order valence-corrected chi connectivity index (χ3v) is 3.59. The number of nitrogen functional groups attached to an aromatic ring is 1. The Hall–Kier alpha value is -0.840. The van der Waals surface area contributed by atoms with Crippen LogP contribution < -0.4 is 11.1 Å². The molecule has 0 aliphatic heterocycles. The number of hydrogen-bond donors (Lipinski definition) is 2. The molecule has 94 valence electrons. The van der Waals surface area contributed by atoms with E-state index in [0.29, 0.717) is 18.5 Å². The summed E-state index contributed by atoms with van der Waals surface area (Å²) in [6.45, 7) is 0. The molecule has 0 spiro atoms. The second kappa shape index (κ2) is 4.80. The second-order valence-electron chi connectivity index (χ2n) is 4.51. The molecule has 1 aliphatic carbocycles. The number of rotatable bonds is 2. The van der Waals surface area contributed by atoms with Gasteiger partial charge in [-0.1, -0.05) is 15.9 Å². The molecule has 3 N–H and O–H groups in total. The zero-order chi connectivity index (χ0) is 12.5. The van der Waals surface area contributed by atoms with Gasteiger partial charge >= 0.3 is 0 Å². The summed E-state index contributed by atoms with van der Waals surface area (Å²) < 4.78 is 26.9. The van der Waals surface area contributed by atoms with Gasteiger partial charge in [-0.2, -0.15) is 0 Å². The van der Waals surface area contributed by atoms with Crippen molar-refractivity contribution >= 4 is 27.3 Å². The van der Waals surface area contributed by atoms with Crippen LogP contribution in [0.15, 0.2) is 22.7 Å². The van der Waals surface area contributed by atoms with Gasteiger partial charge in [0.15, 0.2) is 0 Å². The average molecular weight is 305 g/mol. The van der Waals surface area contributed by atoms with Crippen molar-refractivity contribution in [3.8, 4) is 0 Å². The highest BCUT2D eigenvalue weighted by atomic mass is 79.9. The van der Waals surface area contributed by atoms with E-state index in [9.17, 15) is 8.78 Å². The summed E-state index contributed by atoms with van der Waals surface area (Å²) in [4.78, 5) is 0. The number of alkyl halides is 2. The Kier molecular flexibility index (Phi) is 3.56. The highest BCUT2D eigenvalue weighted by molar-refractivity contribution is 9.10. The van der Waals surface area contributed by atoms with Gasteiger partial charge in [-0.3, -0.25) is 0 Å². The third kappa shape index (κ3) is 3.31. The van der Waals surface area contributed by atoms with Crippen LogP contribution in [0.25, 0.3) is 0 Å². The van der Waals surface area contributed by atoms with Gasteiger partial charge in [0.05, 0.1) is 11.4 Å². The highest BCUT2D eigenvalue weighted by Gasteiger charge is 2.34. The molecule has 0 radical (unpaired) electrons. The third-order valence-electron chi connectivity index (χ3n) is 3.09. The van der Waals surface area contributed by atoms with Gasteiger partial charge in [-0.25, -0.2) is 8.78 Å². The minimum atomic E-state index is -2.49. The van der Waals surface area contributed by atoms with E-state index in [2.05, 4.69) is 21.2 Å². The quantitative estimate of drug-likeness (QED) is 0.810. The molecule has 17 heavy (non-hydrogen) atoms. The Labute approximate surface area is 108 Å². The van der Waals surface area contributed by atoms with Gasteiger partial charge in [-0.05, 0) is 31.0 Å². The fourth-order valence-corrected chi connectivity index (χ4v) is 2.42. The maximum Gasteiger partial charge on any atom is 0.248 e. The Morgan fingerprint density at radius 1 is 1.29 bits per heavy atom. The molecule has 0 saturated heterocycles. The lowest BCUT2D eigenvalue weighted by Gasteiger charge is -2.29. The number of hydrogen-bond acceptors (Lipinski definition) is 2. The Morgan fingerprint density at radius 2 is 1.94 bits per heavy atom. The van der Waals surface area contributed by atoms with Gasteiger partial charge in [0.1, 0.15) is 0 Å². The minimum absolute atomic E-state index is 0.0431. The van der Waals surface area contributed by atoms with Crippen molar-refractivity contribution in [2.75, 3.05) is 11.1 Å². The van der Waals surface area contributed by atoms with Gasteiger partial charge in [0.25, 0.3) is 0 Å². The van der Waals surface area contributed by atoms with Gasteiger partial charge in [-0.15, -0.1) is 0 Å². The molecule has 0 amide bonds. The second-order valence-corrected chi connectivity index (χ2v) is 5.42. The SMILES string of the molecule is Nc1ccc(Br)cc1NC1CCC(F)(F)CC1. The normalized spacial score (nSPS) is 20.2. The lowest BCUT2D eigenvalue weighted by molar-refractivity contribution is -0.0360. The van der Waals surface area contributed by atoms with Crippen molar-refractivity contribution < 1.29 is 8.78 Å². The number of anilines is 2. The van der Waals surface area contributed by atoms with Crippen LogP contribution in [-0.4, -0.2) is 12.0 Å². The zero-order valence-electron chi connectivity index (χ0n) is 9.35. The van der Waals surface area contributed by atoms with Crippen LogP contribution in [0.2, 0.25) is 0 Å².